The fourth-order valence-electron chi connectivity index (χ4n) is 2.17. The van der Waals surface area contributed by atoms with Crippen molar-refractivity contribution in [3.8, 4) is 0 Å². The van der Waals surface area contributed by atoms with Gasteiger partial charge in [-0.15, -0.1) is 0 Å². The number of hydrogen-bond acceptors (Lipinski definition) is 1. The SMILES string of the molecule is COC1CC1c1cc(C(C)C)cc(C(F)(F)F)c1. The first-order chi connectivity index (χ1) is 8.32. The molecule has 0 bridgehead atoms. The zero-order chi connectivity index (χ0) is 13.5. The van der Waals surface area contributed by atoms with Crippen LogP contribution in [-0.2, 0) is 10.9 Å². The highest BCUT2D eigenvalue weighted by atomic mass is 19.4. The predicted molar refractivity (Wildman–Crippen MR) is 63.7 cm³/mol. The lowest BCUT2D eigenvalue weighted by Crippen LogP contribution is -2.07. The number of alkyl halides is 3. The number of methoxy groups -OCH3 is 1. The van der Waals surface area contributed by atoms with Crippen molar-refractivity contribution in [3.63, 3.8) is 0 Å². The fourth-order valence-corrected chi connectivity index (χ4v) is 2.17. The minimum atomic E-state index is -4.28. The number of ether oxygens (including phenoxy) is 1. The highest BCUT2D eigenvalue weighted by Gasteiger charge is 2.40. The van der Waals surface area contributed by atoms with E-state index >= 15 is 0 Å². The fraction of sp³-hybridized carbons (Fsp3) is 0.571. The zero-order valence-electron chi connectivity index (χ0n) is 10.7. The summed E-state index contributed by atoms with van der Waals surface area (Å²) in [5.74, 6) is 0.209. The normalized spacial score (nSPS) is 23.5. The summed E-state index contributed by atoms with van der Waals surface area (Å²) in [5.41, 5.74) is 0.937. The van der Waals surface area contributed by atoms with Crippen LogP contribution in [0.1, 0.15) is 48.8 Å². The maximum absolute atomic E-state index is 12.8. The highest BCUT2D eigenvalue weighted by Crippen LogP contribution is 2.45. The van der Waals surface area contributed by atoms with Crippen molar-refractivity contribution in [3.05, 3.63) is 34.9 Å². The zero-order valence-corrected chi connectivity index (χ0v) is 10.7. The first-order valence-electron chi connectivity index (χ1n) is 6.07. The molecule has 1 saturated carbocycles. The van der Waals surface area contributed by atoms with Gasteiger partial charge in [-0.05, 0) is 35.6 Å². The standard InChI is InChI=1S/C14H17F3O/c1-8(2)9-4-10(12-7-13(12)18-3)6-11(5-9)14(15,16)17/h4-6,8,12-13H,7H2,1-3H3. The Morgan fingerprint density at radius 2 is 1.89 bits per heavy atom. The topological polar surface area (TPSA) is 9.23 Å². The van der Waals surface area contributed by atoms with E-state index in [9.17, 15) is 13.2 Å². The van der Waals surface area contributed by atoms with Gasteiger partial charge in [0.25, 0.3) is 0 Å². The van der Waals surface area contributed by atoms with Crippen molar-refractivity contribution in [1.29, 1.82) is 0 Å². The van der Waals surface area contributed by atoms with Gasteiger partial charge in [0.1, 0.15) is 0 Å². The predicted octanol–water partition coefficient (Wildman–Crippen LogP) is 4.33. The maximum Gasteiger partial charge on any atom is 0.416 e. The molecule has 18 heavy (non-hydrogen) atoms. The molecule has 0 amide bonds. The minimum Gasteiger partial charge on any atom is -0.381 e. The monoisotopic (exact) mass is 258 g/mol. The van der Waals surface area contributed by atoms with Gasteiger partial charge in [0.2, 0.25) is 0 Å². The van der Waals surface area contributed by atoms with Gasteiger partial charge in [0, 0.05) is 13.0 Å². The lowest BCUT2D eigenvalue weighted by Gasteiger charge is -2.14. The summed E-state index contributed by atoms with van der Waals surface area (Å²) in [6, 6.07) is 4.39. The van der Waals surface area contributed by atoms with Crippen molar-refractivity contribution in [2.45, 2.75) is 44.4 Å². The molecule has 0 saturated heterocycles. The molecule has 2 atom stereocenters. The van der Waals surface area contributed by atoms with Crippen molar-refractivity contribution in [2.24, 2.45) is 0 Å². The van der Waals surface area contributed by atoms with Crippen LogP contribution in [0.2, 0.25) is 0 Å². The van der Waals surface area contributed by atoms with E-state index in [1.54, 1.807) is 7.11 Å². The number of rotatable bonds is 3. The Morgan fingerprint density at radius 3 is 2.33 bits per heavy atom. The van der Waals surface area contributed by atoms with Crippen molar-refractivity contribution < 1.29 is 17.9 Å². The van der Waals surface area contributed by atoms with Gasteiger partial charge in [-0.25, -0.2) is 0 Å². The molecule has 1 aliphatic rings. The molecule has 1 nitrogen and oxygen atoms in total. The van der Waals surface area contributed by atoms with Crippen LogP contribution in [0.5, 0.6) is 0 Å². The lowest BCUT2D eigenvalue weighted by molar-refractivity contribution is -0.137. The van der Waals surface area contributed by atoms with Crippen molar-refractivity contribution >= 4 is 0 Å². The third-order valence-electron chi connectivity index (χ3n) is 3.43. The summed E-state index contributed by atoms with van der Waals surface area (Å²) in [6.45, 7) is 3.81. The molecule has 2 rings (SSSR count). The Hall–Kier alpha value is -1.03. The largest absolute Gasteiger partial charge is 0.416 e. The van der Waals surface area contributed by atoms with Gasteiger partial charge in [-0.2, -0.15) is 13.2 Å². The van der Waals surface area contributed by atoms with Crippen LogP contribution in [0.4, 0.5) is 13.2 Å². The molecule has 0 N–H and O–H groups in total. The van der Waals surface area contributed by atoms with E-state index in [1.807, 2.05) is 19.9 Å². The molecule has 0 heterocycles. The summed E-state index contributed by atoms with van der Waals surface area (Å²) in [5, 5.41) is 0. The summed E-state index contributed by atoms with van der Waals surface area (Å²) in [7, 11) is 1.60. The van der Waals surface area contributed by atoms with E-state index in [2.05, 4.69) is 0 Å². The summed E-state index contributed by atoms with van der Waals surface area (Å²) < 4.78 is 43.7. The van der Waals surface area contributed by atoms with Gasteiger partial charge in [-0.1, -0.05) is 19.9 Å². The van der Waals surface area contributed by atoms with Crippen LogP contribution in [0.15, 0.2) is 18.2 Å². The third kappa shape index (κ3) is 2.69. The van der Waals surface area contributed by atoms with E-state index < -0.39 is 11.7 Å². The molecule has 1 aromatic rings. The van der Waals surface area contributed by atoms with Crippen LogP contribution < -0.4 is 0 Å². The molecule has 1 fully saturated rings. The summed E-state index contributed by atoms with van der Waals surface area (Å²) >= 11 is 0. The second-order valence-electron chi connectivity index (χ2n) is 5.16. The second kappa shape index (κ2) is 4.57. The molecule has 0 radical (unpaired) electrons. The number of hydrogen-bond donors (Lipinski definition) is 0. The first kappa shape index (κ1) is 13.4. The quantitative estimate of drug-likeness (QED) is 0.784. The van der Waals surface area contributed by atoms with E-state index in [-0.39, 0.29) is 17.9 Å². The van der Waals surface area contributed by atoms with Crippen LogP contribution in [0, 0.1) is 0 Å². The van der Waals surface area contributed by atoms with Gasteiger partial charge >= 0.3 is 6.18 Å². The minimum absolute atomic E-state index is 0.0773. The van der Waals surface area contributed by atoms with E-state index in [4.69, 9.17) is 4.74 Å². The average molecular weight is 258 g/mol. The van der Waals surface area contributed by atoms with E-state index in [0.717, 1.165) is 17.5 Å². The molecule has 0 aromatic heterocycles. The van der Waals surface area contributed by atoms with Crippen molar-refractivity contribution in [1.82, 2.24) is 0 Å². The average Bonchev–Trinajstić information content (AvgIpc) is 3.06. The summed E-state index contributed by atoms with van der Waals surface area (Å²) in [4.78, 5) is 0. The van der Waals surface area contributed by atoms with E-state index in [1.165, 1.54) is 12.1 Å². The molecule has 1 aromatic carbocycles. The Morgan fingerprint density at radius 1 is 1.22 bits per heavy atom. The smallest absolute Gasteiger partial charge is 0.381 e. The Bertz CT molecular complexity index is 437. The van der Waals surface area contributed by atoms with Gasteiger partial charge in [-0.3, -0.25) is 0 Å². The molecular weight excluding hydrogens is 241 g/mol. The Kier molecular flexibility index (Phi) is 3.41. The van der Waals surface area contributed by atoms with Crippen molar-refractivity contribution in [2.75, 3.05) is 7.11 Å². The first-order valence-corrected chi connectivity index (χ1v) is 6.07. The Balaban J connectivity index is 2.38. The highest BCUT2D eigenvalue weighted by molar-refractivity contribution is 5.38. The van der Waals surface area contributed by atoms with Gasteiger partial charge < -0.3 is 4.74 Å². The third-order valence-corrected chi connectivity index (χ3v) is 3.43. The van der Waals surface area contributed by atoms with E-state index in [0.29, 0.717) is 0 Å². The molecule has 0 spiro atoms. The maximum atomic E-state index is 12.8. The summed E-state index contributed by atoms with van der Waals surface area (Å²) in [6.07, 6.45) is -3.39. The molecular formula is C14H17F3O. The van der Waals surface area contributed by atoms with Gasteiger partial charge in [0.05, 0.1) is 11.7 Å². The number of benzene rings is 1. The van der Waals surface area contributed by atoms with Crippen LogP contribution >= 0.6 is 0 Å². The van der Waals surface area contributed by atoms with Crippen LogP contribution in [-0.4, -0.2) is 13.2 Å². The van der Waals surface area contributed by atoms with Crippen LogP contribution in [0.3, 0.4) is 0 Å². The number of halogens is 3. The molecule has 2 unspecified atom stereocenters. The molecule has 100 valence electrons. The second-order valence-corrected chi connectivity index (χ2v) is 5.16. The lowest BCUT2D eigenvalue weighted by atomic mass is 9.95. The molecule has 0 aliphatic heterocycles. The Labute approximate surface area is 105 Å². The van der Waals surface area contributed by atoms with Crippen LogP contribution in [0.25, 0.3) is 0 Å². The molecule has 4 heteroatoms. The molecule has 1 aliphatic carbocycles. The van der Waals surface area contributed by atoms with Gasteiger partial charge in [0.15, 0.2) is 0 Å².